The van der Waals surface area contributed by atoms with Gasteiger partial charge in [-0.1, -0.05) is 6.07 Å². The summed E-state index contributed by atoms with van der Waals surface area (Å²) in [6, 6.07) is 5.71. The largest absolute Gasteiger partial charge is 0.496 e. The van der Waals surface area contributed by atoms with Gasteiger partial charge in [0.1, 0.15) is 11.5 Å². The third kappa shape index (κ3) is 5.67. The van der Waals surface area contributed by atoms with Crippen LogP contribution in [0.2, 0.25) is 0 Å². The highest BCUT2D eigenvalue weighted by atomic mass is 79.9. The summed E-state index contributed by atoms with van der Waals surface area (Å²) in [4.78, 5) is 26.7. The van der Waals surface area contributed by atoms with Gasteiger partial charge in [0.25, 0.3) is 0 Å². The summed E-state index contributed by atoms with van der Waals surface area (Å²) in [5.74, 6) is 1.14. The van der Waals surface area contributed by atoms with Crippen LogP contribution in [0.4, 0.5) is 0 Å². The summed E-state index contributed by atoms with van der Waals surface area (Å²) < 4.78 is 6.08. The zero-order valence-corrected chi connectivity index (χ0v) is 18.4. The highest BCUT2D eigenvalue weighted by Gasteiger charge is 2.41. The van der Waals surface area contributed by atoms with Crippen LogP contribution in [0.15, 0.2) is 35.8 Å². The molecule has 1 saturated heterocycles. The smallest absolute Gasteiger partial charge is 0.224 e. The molecule has 0 radical (unpaired) electrons. The average Bonchev–Trinajstić information content (AvgIpc) is 3.25. The van der Waals surface area contributed by atoms with Crippen LogP contribution in [0.25, 0.3) is 0 Å². The number of Topliss-reactive ketones (excluding diaryl/α,β-unsaturated/α-hetero) is 1. The summed E-state index contributed by atoms with van der Waals surface area (Å²) in [6.07, 6.45) is 5.76. The molecule has 1 aliphatic heterocycles. The molecule has 1 aliphatic carbocycles. The van der Waals surface area contributed by atoms with E-state index in [9.17, 15) is 9.59 Å². The van der Waals surface area contributed by atoms with Crippen molar-refractivity contribution in [2.75, 3.05) is 26.7 Å². The molecule has 2 aliphatic rings. The Morgan fingerprint density at radius 1 is 1.25 bits per heavy atom. The summed E-state index contributed by atoms with van der Waals surface area (Å²) in [6.45, 7) is 8.79. The van der Waals surface area contributed by atoms with Gasteiger partial charge in [0.15, 0.2) is 0 Å². The van der Waals surface area contributed by atoms with Crippen molar-refractivity contribution >= 4 is 27.6 Å². The van der Waals surface area contributed by atoms with E-state index in [-0.39, 0.29) is 11.4 Å². The van der Waals surface area contributed by atoms with E-state index in [1.165, 1.54) is 12.8 Å². The number of ether oxygens (including phenoxy) is 1. The molecule has 154 valence electrons. The Balaban J connectivity index is 0.00000136. The SMILES string of the molecule is C=C.COc1ccc(CC(=O)NCC2(N3CCCC3)CCC(=O)CC2)cc1Br. The van der Waals surface area contributed by atoms with Gasteiger partial charge in [-0.15, -0.1) is 13.2 Å². The molecule has 1 amide bonds. The molecule has 5 nitrogen and oxygen atoms in total. The minimum absolute atomic E-state index is 0.0255. The van der Waals surface area contributed by atoms with Gasteiger partial charge >= 0.3 is 0 Å². The predicted molar refractivity (Wildman–Crippen MR) is 116 cm³/mol. The van der Waals surface area contributed by atoms with Gasteiger partial charge in [-0.2, -0.15) is 0 Å². The normalized spacial score (nSPS) is 18.9. The minimum atomic E-state index is -0.0411. The number of nitrogens with one attached hydrogen (secondary N) is 1. The lowest BCUT2D eigenvalue weighted by Crippen LogP contribution is -2.56. The van der Waals surface area contributed by atoms with Crippen molar-refractivity contribution in [3.8, 4) is 5.75 Å². The third-order valence-electron chi connectivity index (χ3n) is 5.71. The number of hydrogen-bond donors (Lipinski definition) is 1. The Kier molecular flexibility index (Phi) is 8.70. The van der Waals surface area contributed by atoms with Gasteiger partial charge in [0.2, 0.25) is 5.91 Å². The molecule has 0 spiro atoms. The molecular weight excluding hydrogens is 420 g/mol. The van der Waals surface area contributed by atoms with Crippen LogP contribution in [0, 0.1) is 0 Å². The van der Waals surface area contributed by atoms with Crippen molar-refractivity contribution in [1.82, 2.24) is 10.2 Å². The van der Waals surface area contributed by atoms with Gasteiger partial charge in [-0.3, -0.25) is 14.5 Å². The number of amides is 1. The molecule has 1 aromatic carbocycles. The number of carbonyl (C=O) groups is 2. The number of ketones is 1. The molecular formula is C22H31BrN2O3. The highest BCUT2D eigenvalue weighted by molar-refractivity contribution is 9.10. The van der Waals surface area contributed by atoms with Crippen LogP contribution >= 0.6 is 15.9 Å². The number of likely N-dealkylation sites (tertiary alicyclic amines) is 1. The second-order valence-electron chi connectivity index (χ2n) is 7.38. The molecule has 0 atom stereocenters. The Morgan fingerprint density at radius 2 is 1.89 bits per heavy atom. The number of rotatable bonds is 6. The second kappa shape index (κ2) is 10.8. The fraction of sp³-hybridized carbons (Fsp3) is 0.545. The maximum atomic E-state index is 12.5. The molecule has 1 aromatic rings. The van der Waals surface area contributed by atoms with Crippen molar-refractivity contribution in [1.29, 1.82) is 0 Å². The summed E-state index contributed by atoms with van der Waals surface area (Å²) >= 11 is 3.46. The fourth-order valence-electron chi connectivity index (χ4n) is 4.12. The van der Waals surface area contributed by atoms with E-state index in [1.54, 1.807) is 7.11 Å². The van der Waals surface area contributed by atoms with Crippen LogP contribution in [0.3, 0.4) is 0 Å². The Hall–Kier alpha value is -1.66. The first-order chi connectivity index (χ1) is 13.5. The van der Waals surface area contributed by atoms with E-state index in [0.717, 1.165) is 41.7 Å². The Labute approximate surface area is 176 Å². The monoisotopic (exact) mass is 450 g/mol. The maximum absolute atomic E-state index is 12.5. The lowest BCUT2D eigenvalue weighted by atomic mass is 9.79. The predicted octanol–water partition coefficient (Wildman–Crippen LogP) is 3.90. The second-order valence-corrected chi connectivity index (χ2v) is 8.23. The molecule has 1 heterocycles. The van der Waals surface area contributed by atoms with Crippen molar-refractivity contribution in [2.24, 2.45) is 0 Å². The van der Waals surface area contributed by atoms with Crippen LogP contribution in [-0.4, -0.2) is 48.9 Å². The van der Waals surface area contributed by atoms with E-state index in [1.807, 2.05) is 18.2 Å². The maximum Gasteiger partial charge on any atom is 0.224 e. The van der Waals surface area contributed by atoms with Gasteiger partial charge < -0.3 is 10.1 Å². The van der Waals surface area contributed by atoms with Crippen LogP contribution < -0.4 is 10.1 Å². The molecule has 0 bridgehead atoms. The minimum Gasteiger partial charge on any atom is -0.496 e. The van der Waals surface area contributed by atoms with Crippen LogP contribution in [0.1, 0.15) is 44.1 Å². The van der Waals surface area contributed by atoms with Crippen molar-refractivity contribution in [3.05, 3.63) is 41.4 Å². The Bertz CT molecular complexity index is 676. The molecule has 3 rings (SSSR count). The molecule has 2 fully saturated rings. The van der Waals surface area contributed by atoms with Crippen molar-refractivity contribution < 1.29 is 14.3 Å². The van der Waals surface area contributed by atoms with E-state index in [4.69, 9.17) is 4.74 Å². The van der Waals surface area contributed by atoms with E-state index in [2.05, 4.69) is 39.3 Å². The highest BCUT2D eigenvalue weighted by Crippen LogP contribution is 2.34. The van der Waals surface area contributed by atoms with Gasteiger partial charge in [0.05, 0.1) is 18.0 Å². The van der Waals surface area contributed by atoms with Crippen LogP contribution in [0.5, 0.6) is 5.75 Å². The number of halogens is 1. The van der Waals surface area contributed by atoms with Gasteiger partial charge in [0, 0.05) is 24.9 Å². The summed E-state index contributed by atoms with van der Waals surface area (Å²) in [5, 5.41) is 3.14. The average molecular weight is 451 g/mol. The summed E-state index contributed by atoms with van der Waals surface area (Å²) in [5.41, 5.74) is 0.907. The molecule has 1 saturated carbocycles. The topological polar surface area (TPSA) is 58.6 Å². The number of nitrogens with zero attached hydrogens (tertiary/aromatic N) is 1. The molecule has 0 unspecified atom stereocenters. The molecule has 1 N–H and O–H groups in total. The first-order valence-electron chi connectivity index (χ1n) is 9.88. The van der Waals surface area contributed by atoms with E-state index < -0.39 is 0 Å². The quantitative estimate of drug-likeness (QED) is 0.667. The van der Waals surface area contributed by atoms with E-state index >= 15 is 0 Å². The van der Waals surface area contributed by atoms with Crippen LogP contribution in [-0.2, 0) is 16.0 Å². The number of carbonyl (C=O) groups excluding carboxylic acids is 2. The lowest BCUT2D eigenvalue weighted by molar-refractivity contribution is -0.123. The molecule has 6 heteroatoms. The van der Waals surface area contributed by atoms with Gasteiger partial charge in [-0.25, -0.2) is 0 Å². The van der Waals surface area contributed by atoms with Crippen molar-refractivity contribution in [2.45, 2.75) is 50.5 Å². The first kappa shape index (κ1) is 22.6. The van der Waals surface area contributed by atoms with E-state index in [0.29, 0.717) is 31.6 Å². The van der Waals surface area contributed by atoms with Gasteiger partial charge in [-0.05, 0) is 72.4 Å². The third-order valence-corrected chi connectivity index (χ3v) is 6.33. The zero-order valence-electron chi connectivity index (χ0n) is 16.8. The Morgan fingerprint density at radius 3 is 2.46 bits per heavy atom. The molecule has 0 aromatic heterocycles. The summed E-state index contributed by atoms with van der Waals surface area (Å²) in [7, 11) is 1.62. The lowest BCUT2D eigenvalue weighted by Gasteiger charge is -2.44. The molecule has 28 heavy (non-hydrogen) atoms. The number of methoxy groups -OCH3 is 1. The van der Waals surface area contributed by atoms with Crippen molar-refractivity contribution in [3.63, 3.8) is 0 Å². The first-order valence-corrected chi connectivity index (χ1v) is 10.7. The standard InChI is InChI=1S/C20H27BrN2O3.C2H4/c1-26-18-5-4-15(12-17(18)21)13-19(25)22-14-20(23-10-2-3-11-23)8-6-16(24)7-9-20;1-2/h4-5,12H,2-3,6-11,13-14H2,1H3,(H,22,25);1-2H2. The number of hydrogen-bond acceptors (Lipinski definition) is 4. The zero-order chi connectivity index (χ0) is 20.6. The number of benzene rings is 1. The fourth-order valence-corrected chi connectivity index (χ4v) is 4.71.